The Kier molecular flexibility index (Phi) is 6.21. The molecule has 0 amide bonds. The van der Waals surface area contributed by atoms with Crippen LogP contribution < -0.4 is 15.8 Å². The minimum absolute atomic E-state index is 0.0114. The Bertz CT molecular complexity index is 750. The minimum atomic E-state index is -2.89. The second kappa shape index (κ2) is 8.36. The van der Waals surface area contributed by atoms with E-state index in [0.717, 1.165) is 17.8 Å². The number of nitrogens with one attached hydrogen (secondary N) is 1. The molecule has 8 heteroatoms. The summed E-state index contributed by atoms with van der Waals surface area (Å²) in [6, 6.07) is 5.33. The Balaban J connectivity index is 1.96. The van der Waals surface area contributed by atoms with Crippen LogP contribution in [0.5, 0.6) is 6.01 Å². The zero-order valence-corrected chi connectivity index (χ0v) is 13.8. The van der Waals surface area contributed by atoms with Crippen molar-refractivity contribution in [1.82, 2.24) is 9.97 Å². The van der Waals surface area contributed by atoms with Gasteiger partial charge in [-0.1, -0.05) is 13.8 Å². The molecule has 0 fully saturated rings. The molecule has 2 rings (SSSR count). The highest BCUT2D eigenvalue weighted by Crippen LogP contribution is 2.25. The molecule has 0 aliphatic rings. The maximum Gasteiger partial charge on any atom is 0.316 e. The van der Waals surface area contributed by atoms with Crippen LogP contribution in [0.25, 0.3) is 0 Å². The second-order valence-corrected chi connectivity index (χ2v) is 5.61. The van der Waals surface area contributed by atoms with Crippen LogP contribution in [0.1, 0.15) is 37.4 Å². The van der Waals surface area contributed by atoms with E-state index < -0.39 is 17.8 Å². The molecule has 3 N–H and O–H groups in total. The standard InChI is InChI=1S/C17H19F3N4O/c1-10(2)15-5-6-22-17(24-15)25-9-11(21)8-23-12-3-4-14(18)13(7-12)16(19)20/h3-8,10,16,23H,9,21H2,1-2H3/b11-8-. The number of anilines is 1. The van der Waals surface area contributed by atoms with Gasteiger partial charge in [0.1, 0.15) is 12.4 Å². The summed E-state index contributed by atoms with van der Waals surface area (Å²) in [5, 5.41) is 2.72. The predicted octanol–water partition coefficient (Wildman–Crippen LogP) is 3.97. The van der Waals surface area contributed by atoms with Gasteiger partial charge < -0.3 is 15.8 Å². The number of rotatable bonds is 7. The quantitative estimate of drug-likeness (QED) is 0.789. The molecule has 0 radical (unpaired) electrons. The third-order valence-electron chi connectivity index (χ3n) is 3.27. The van der Waals surface area contributed by atoms with E-state index in [0.29, 0.717) is 5.70 Å². The van der Waals surface area contributed by atoms with Crippen molar-refractivity contribution in [3.63, 3.8) is 0 Å². The maximum atomic E-state index is 13.2. The van der Waals surface area contributed by atoms with Crippen LogP contribution in [-0.2, 0) is 0 Å². The van der Waals surface area contributed by atoms with E-state index in [-0.39, 0.29) is 24.2 Å². The van der Waals surface area contributed by atoms with Crippen LogP contribution in [0.4, 0.5) is 18.9 Å². The number of nitrogens with two attached hydrogens (primary N) is 1. The van der Waals surface area contributed by atoms with Crippen molar-refractivity contribution in [1.29, 1.82) is 0 Å². The number of ether oxygens (including phenoxy) is 1. The van der Waals surface area contributed by atoms with Crippen LogP contribution in [-0.4, -0.2) is 16.6 Å². The summed E-state index contributed by atoms with van der Waals surface area (Å²) in [5.41, 5.74) is 6.54. The molecule has 1 heterocycles. The van der Waals surface area contributed by atoms with Gasteiger partial charge in [0.05, 0.1) is 17.0 Å². The van der Waals surface area contributed by atoms with Crippen molar-refractivity contribution in [2.75, 3.05) is 11.9 Å². The Labute approximate surface area is 143 Å². The SMILES string of the molecule is CC(C)c1ccnc(OC/C(N)=C/Nc2ccc(F)c(C(F)F)c2)n1. The van der Waals surface area contributed by atoms with Crippen molar-refractivity contribution in [3.8, 4) is 6.01 Å². The van der Waals surface area contributed by atoms with Crippen molar-refractivity contribution in [2.24, 2.45) is 5.73 Å². The van der Waals surface area contributed by atoms with E-state index in [2.05, 4.69) is 15.3 Å². The summed E-state index contributed by atoms with van der Waals surface area (Å²) >= 11 is 0. The number of alkyl halides is 2. The molecular weight excluding hydrogens is 333 g/mol. The Morgan fingerprint density at radius 1 is 1.32 bits per heavy atom. The first-order valence-corrected chi connectivity index (χ1v) is 7.61. The third kappa shape index (κ3) is 5.37. The summed E-state index contributed by atoms with van der Waals surface area (Å²) in [7, 11) is 0. The van der Waals surface area contributed by atoms with Gasteiger partial charge in [0.2, 0.25) is 0 Å². The van der Waals surface area contributed by atoms with Crippen molar-refractivity contribution in [3.05, 3.63) is 59.4 Å². The molecule has 2 aromatic rings. The molecule has 0 unspecified atom stereocenters. The third-order valence-corrected chi connectivity index (χ3v) is 3.27. The average molecular weight is 352 g/mol. The normalized spacial score (nSPS) is 11.9. The zero-order valence-electron chi connectivity index (χ0n) is 13.8. The van der Waals surface area contributed by atoms with E-state index in [1.165, 1.54) is 12.3 Å². The van der Waals surface area contributed by atoms with Gasteiger partial charge in [-0.25, -0.2) is 18.2 Å². The van der Waals surface area contributed by atoms with Crippen LogP contribution in [0.15, 0.2) is 42.4 Å². The lowest BCUT2D eigenvalue weighted by Crippen LogP contribution is -2.12. The molecule has 134 valence electrons. The Hall–Kier alpha value is -2.77. The largest absolute Gasteiger partial charge is 0.457 e. The van der Waals surface area contributed by atoms with Crippen molar-refractivity contribution >= 4 is 5.69 Å². The van der Waals surface area contributed by atoms with Gasteiger partial charge in [0.25, 0.3) is 6.43 Å². The fourth-order valence-electron chi connectivity index (χ4n) is 1.91. The van der Waals surface area contributed by atoms with Gasteiger partial charge in [-0.15, -0.1) is 0 Å². The summed E-state index contributed by atoms with van der Waals surface area (Å²) in [6.45, 7) is 4.01. The molecule has 5 nitrogen and oxygen atoms in total. The fraction of sp³-hybridized carbons (Fsp3) is 0.294. The Morgan fingerprint density at radius 3 is 2.76 bits per heavy atom. The molecule has 1 aromatic heterocycles. The maximum absolute atomic E-state index is 13.2. The molecule has 25 heavy (non-hydrogen) atoms. The number of nitrogens with zero attached hydrogens (tertiary/aromatic N) is 2. The van der Waals surface area contributed by atoms with Gasteiger partial charge in [-0.3, -0.25) is 0 Å². The number of hydrogen-bond donors (Lipinski definition) is 2. The molecule has 0 atom stereocenters. The van der Waals surface area contributed by atoms with Crippen molar-refractivity contribution < 1.29 is 17.9 Å². The molecule has 0 aliphatic heterocycles. The van der Waals surface area contributed by atoms with E-state index in [1.807, 2.05) is 13.8 Å². The molecule has 0 spiro atoms. The zero-order chi connectivity index (χ0) is 18.4. The lowest BCUT2D eigenvalue weighted by atomic mass is 10.1. The molecule has 0 aliphatic carbocycles. The highest BCUT2D eigenvalue weighted by atomic mass is 19.3. The molecule has 0 saturated heterocycles. The van der Waals surface area contributed by atoms with Gasteiger partial charge >= 0.3 is 6.01 Å². The topological polar surface area (TPSA) is 73.1 Å². The number of halogens is 3. The van der Waals surface area contributed by atoms with E-state index in [9.17, 15) is 13.2 Å². The van der Waals surface area contributed by atoms with Gasteiger partial charge in [-0.05, 0) is 30.2 Å². The lowest BCUT2D eigenvalue weighted by Gasteiger charge is -2.09. The van der Waals surface area contributed by atoms with E-state index in [1.54, 1.807) is 12.3 Å². The van der Waals surface area contributed by atoms with Crippen LogP contribution in [0, 0.1) is 5.82 Å². The number of benzene rings is 1. The van der Waals surface area contributed by atoms with E-state index >= 15 is 0 Å². The van der Waals surface area contributed by atoms with Gasteiger partial charge in [-0.2, -0.15) is 4.98 Å². The average Bonchev–Trinajstić information content (AvgIpc) is 2.59. The monoisotopic (exact) mass is 352 g/mol. The molecule has 1 aromatic carbocycles. The lowest BCUT2D eigenvalue weighted by molar-refractivity contribution is 0.146. The minimum Gasteiger partial charge on any atom is -0.457 e. The first kappa shape index (κ1) is 18.6. The first-order valence-electron chi connectivity index (χ1n) is 7.61. The predicted molar refractivity (Wildman–Crippen MR) is 88.9 cm³/mol. The summed E-state index contributed by atoms with van der Waals surface area (Å²) in [4.78, 5) is 8.23. The van der Waals surface area contributed by atoms with Crippen LogP contribution >= 0.6 is 0 Å². The number of hydrogen-bond acceptors (Lipinski definition) is 5. The number of aromatic nitrogens is 2. The molecule has 0 bridgehead atoms. The highest BCUT2D eigenvalue weighted by molar-refractivity contribution is 5.49. The summed E-state index contributed by atoms with van der Waals surface area (Å²) < 4.78 is 44.0. The Morgan fingerprint density at radius 2 is 2.08 bits per heavy atom. The second-order valence-electron chi connectivity index (χ2n) is 5.61. The van der Waals surface area contributed by atoms with Gasteiger partial charge in [0, 0.05) is 18.1 Å². The van der Waals surface area contributed by atoms with Crippen molar-refractivity contribution in [2.45, 2.75) is 26.2 Å². The van der Waals surface area contributed by atoms with Crippen LogP contribution in [0.3, 0.4) is 0 Å². The first-order chi connectivity index (χ1) is 11.9. The van der Waals surface area contributed by atoms with E-state index in [4.69, 9.17) is 10.5 Å². The highest BCUT2D eigenvalue weighted by Gasteiger charge is 2.13. The summed E-state index contributed by atoms with van der Waals surface area (Å²) in [6.07, 6.45) is 0.0893. The smallest absolute Gasteiger partial charge is 0.316 e. The van der Waals surface area contributed by atoms with Gasteiger partial charge in [0.15, 0.2) is 0 Å². The fourth-order valence-corrected chi connectivity index (χ4v) is 1.91. The summed E-state index contributed by atoms with van der Waals surface area (Å²) in [5.74, 6) is -0.717. The molecule has 0 saturated carbocycles. The molecular formula is C17H19F3N4O. The van der Waals surface area contributed by atoms with Crippen LogP contribution in [0.2, 0.25) is 0 Å².